The monoisotopic (exact) mass is 367 g/mol. The number of benzene rings is 2. The lowest BCUT2D eigenvalue weighted by atomic mass is 10.1. The smallest absolute Gasteiger partial charge is 0.256 e. The lowest BCUT2D eigenvalue weighted by molar-refractivity contribution is -0.119. The zero-order valence-electron chi connectivity index (χ0n) is 14.5. The summed E-state index contributed by atoms with van der Waals surface area (Å²) >= 11 is 0. The van der Waals surface area contributed by atoms with Crippen LogP contribution in [0.4, 0.5) is 15.8 Å². The Bertz CT molecular complexity index is 927. The van der Waals surface area contributed by atoms with E-state index in [0.717, 1.165) is 6.42 Å². The van der Waals surface area contributed by atoms with Gasteiger partial charge in [-0.15, -0.1) is 0 Å². The number of halogens is 1. The molecule has 2 aromatic carbocycles. The molecule has 1 saturated heterocycles. The number of fused-ring (bicyclic) bond motifs is 2. The number of hydrogen-bond acceptors (Lipinski definition) is 3. The third kappa shape index (κ3) is 3.40. The van der Waals surface area contributed by atoms with E-state index in [1.54, 1.807) is 35.2 Å². The third-order valence-corrected chi connectivity index (χ3v) is 4.89. The Labute approximate surface area is 155 Å². The Balaban J connectivity index is 1.53. The van der Waals surface area contributed by atoms with Crippen molar-refractivity contribution in [3.05, 3.63) is 59.4 Å². The Morgan fingerprint density at radius 2 is 1.96 bits per heavy atom. The van der Waals surface area contributed by atoms with E-state index >= 15 is 0 Å². The molecule has 2 aromatic rings. The van der Waals surface area contributed by atoms with Gasteiger partial charge < -0.3 is 15.5 Å². The van der Waals surface area contributed by atoms with E-state index in [2.05, 4.69) is 10.6 Å². The van der Waals surface area contributed by atoms with E-state index in [4.69, 9.17) is 0 Å². The molecular formula is C20H18FN3O3. The molecule has 6 nitrogen and oxygen atoms in total. The average molecular weight is 367 g/mol. The molecule has 7 heteroatoms. The quantitative estimate of drug-likeness (QED) is 0.875. The summed E-state index contributed by atoms with van der Waals surface area (Å²) in [6.45, 7) is 0.553. The first kappa shape index (κ1) is 17.2. The number of carbonyl (C=O) groups is 3. The molecule has 2 N–H and O–H groups in total. The molecule has 1 fully saturated rings. The molecule has 1 unspecified atom stereocenters. The Hall–Kier alpha value is -3.22. The van der Waals surface area contributed by atoms with E-state index in [1.165, 1.54) is 12.1 Å². The second kappa shape index (κ2) is 6.83. The Morgan fingerprint density at radius 1 is 1.19 bits per heavy atom. The van der Waals surface area contributed by atoms with Gasteiger partial charge in [0.25, 0.3) is 5.91 Å². The van der Waals surface area contributed by atoms with Crippen LogP contribution in [-0.4, -0.2) is 35.2 Å². The molecule has 4 rings (SSSR count). The lowest BCUT2D eigenvalue weighted by Gasteiger charge is -2.20. The van der Waals surface area contributed by atoms with Gasteiger partial charge in [0.2, 0.25) is 11.8 Å². The number of nitrogens with one attached hydrogen (secondary N) is 2. The summed E-state index contributed by atoms with van der Waals surface area (Å²) in [6.07, 6.45) is 1.55. The average Bonchev–Trinajstić information content (AvgIpc) is 3.11. The highest BCUT2D eigenvalue weighted by Gasteiger charge is 2.38. The zero-order valence-corrected chi connectivity index (χ0v) is 14.5. The maximum absolute atomic E-state index is 13.0. The second-order valence-corrected chi connectivity index (χ2v) is 6.76. The van der Waals surface area contributed by atoms with Crippen molar-refractivity contribution < 1.29 is 18.8 Å². The number of hydrogen-bond donors (Lipinski definition) is 2. The highest BCUT2D eigenvalue weighted by molar-refractivity contribution is 6.11. The lowest BCUT2D eigenvalue weighted by Crippen LogP contribution is -2.40. The van der Waals surface area contributed by atoms with E-state index < -0.39 is 6.04 Å². The van der Waals surface area contributed by atoms with Crippen LogP contribution in [0.15, 0.2) is 42.5 Å². The standard InChI is InChI=1S/C20H18FN3O3/c21-13-5-3-12(4-6-13)10-18(25)22-14-7-8-16-15(11-14)20(27)24-9-1-2-17(24)19(26)23-16/h3-8,11,17H,1-2,9-10H2,(H,22,25)(H,23,26). The van der Waals surface area contributed by atoms with Gasteiger partial charge in [0.05, 0.1) is 17.7 Å². The summed E-state index contributed by atoms with van der Waals surface area (Å²) in [5, 5.41) is 5.55. The van der Waals surface area contributed by atoms with E-state index in [0.29, 0.717) is 35.5 Å². The van der Waals surface area contributed by atoms with Gasteiger partial charge >= 0.3 is 0 Å². The van der Waals surface area contributed by atoms with Crippen molar-refractivity contribution >= 4 is 29.1 Å². The number of nitrogens with zero attached hydrogens (tertiary/aromatic N) is 1. The molecule has 3 amide bonds. The first-order valence-electron chi connectivity index (χ1n) is 8.81. The maximum Gasteiger partial charge on any atom is 0.256 e. The van der Waals surface area contributed by atoms with Crippen LogP contribution in [0, 0.1) is 5.82 Å². The zero-order chi connectivity index (χ0) is 19.0. The Kier molecular flexibility index (Phi) is 4.35. The van der Waals surface area contributed by atoms with Gasteiger partial charge in [-0.3, -0.25) is 14.4 Å². The topological polar surface area (TPSA) is 78.5 Å². The molecule has 27 heavy (non-hydrogen) atoms. The van der Waals surface area contributed by atoms with Crippen LogP contribution in [0.3, 0.4) is 0 Å². The molecule has 0 aromatic heterocycles. The van der Waals surface area contributed by atoms with Gasteiger partial charge in [-0.05, 0) is 48.7 Å². The van der Waals surface area contributed by atoms with Crippen LogP contribution >= 0.6 is 0 Å². The van der Waals surface area contributed by atoms with E-state index in [9.17, 15) is 18.8 Å². The minimum absolute atomic E-state index is 0.0935. The predicted molar refractivity (Wildman–Crippen MR) is 97.9 cm³/mol. The molecule has 0 saturated carbocycles. The molecule has 1 atom stereocenters. The fraction of sp³-hybridized carbons (Fsp3) is 0.250. The van der Waals surface area contributed by atoms with Crippen LogP contribution in [-0.2, 0) is 16.0 Å². The molecule has 0 spiro atoms. The van der Waals surface area contributed by atoms with Crippen LogP contribution in [0.25, 0.3) is 0 Å². The fourth-order valence-corrected chi connectivity index (χ4v) is 3.55. The van der Waals surface area contributed by atoms with Crippen LogP contribution in [0.5, 0.6) is 0 Å². The van der Waals surface area contributed by atoms with E-state index in [-0.39, 0.29) is 30.0 Å². The normalized spacial score (nSPS) is 18.4. The number of anilines is 2. The number of carbonyl (C=O) groups excluding carboxylic acids is 3. The van der Waals surface area contributed by atoms with Crippen molar-refractivity contribution in [2.45, 2.75) is 25.3 Å². The largest absolute Gasteiger partial charge is 0.327 e. The van der Waals surface area contributed by atoms with Crippen molar-refractivity contribution in [3.8, 4) is 0 Å². The SMILES string of the molecule is O=C(Cc1ccc(F)cc1)Nc1ccc2c(c1)C(=O)N1CCCC1C(=O)N2. The minimum atomic E-state index is -0.429. The molecule has 2 aliphatic rings. The minimum Gasteiger partial charge on any atom is -0.327 e. The first-order valence-corrected chi connectivity index (χ1v) is 8.81. The van der Waals surface area contributed by atoms with Gasteiger partial charge in [-0.1, -0.05) is 12.1 Å². The predicted octanol–water partition coefficient (Wildman–Crippen LogP) is 2.56. The van der Waals surface area contributed by atoms with Crippen LogP contribution in [0.1, 0.15) is 28.8 Å². The maximum atomic E-state index is 13.0. The summed E-state index contributed by atoms with van der Waals surface area (Å²) in [5.74, 6) is -1.01. The summed E-state index contributed by atoms with van der Waals surface area (Å²) in [4.78, 5) is 38.9. The van der Waals surface area contributed by atoms with Gasteiger partial charge in [-0.25, -0.2) is 4.39 Å². The van der Waals surface area contributed by atoms with Gasteiger partial charge in [0, 0.05) is 12.2 Å². The molecule has 0 bridgehead atoms. The highest BCUT2D eigenvalue weighted by atomic mass is 19.1. The Morgan fingerprint density at radius 3 is 2.74 bits per heavy atom. The summed E-state index contributed by atoms with van der Waals surface area (Å²) in [6, 6.07) is 10.1. The van der Waals surface area contributed by atoms with Crippen LogP contribution < -0.4 is 10.6 Å². The highest BCUT2D eigenvalue weighted by Crippen LogP contribution is 2.30. The molecule has 138 valence electrons. The van der Waals surface area contributed by atoms with Crippen molar-refractivity contribution in [3.63, 3.8) is 0 Å². The first-order chi connectivity index (χ1) is 13.0. The third-order valence-electron chi connectivity index (χ3n) is 4.89. The second-order valence-electron chi connectivity index (χ2n) is 6.76. The van der Waals surface area contributed by atoms with Gasteiger partial charge in [0.15, 0.2) is 0 Å². The number of amides is 3. The fourth-order valence-electron chi connectivity index (χ4n) is 3.55. The van der Waals surface area contributed by atoms with Crippen molar-refractivity contribution in [2.75, 3.05) is 17.2 Å². The van der Waals surface area contributed by atoms with Crippen molar-refractivity contribution in [1.29, 1.82) is 0 Å². The van der Waals surface area contributed by atoms with Crippen molar-refractivity contribution in [2.24, 2.45) is 0 Å². The summed E-state index contributed by atoms with van der Waals surface area (Å²) in [7, 11) is 0. The summed E-state index contributed by atoms with van der Waals surface area (Å²) < 4.78 is 13.0. The molecule has 2 heterocycles. The molecular weight excluding hydrogens is 349 g/mol. The van der Waals surface area contributed by atoms with Crippen LogP contribution in [0.2, 0.25) is 0 Å². The molecule has 0 radical (unpaired) electrons. The van der Waals surface area contributed by atoms with E-state index in [1.807, 2.05) is 0 Å². The molecule has 2 aliphatic heterocycles. The van der Waals surface area contributed by atoms with Crippen molar-refractivity contribution in [1.82, 2.24) is 4.90 Å². The number of rotatable bonds is 3. The van der Waals surface area contributed by atoms with Gasteiger partial charge in [-0.2, -0.15) is 0 Å². The van der Waals surface area contributed by atoms with Gasteiger partial charge in [0.1, 0.15) is 11.9 Å². The molecule has 0 aliphatic carbocycles. The summed E-state index contributed by atoms with van der Waals surface area (Å²) in [5.41, 5.74) is 1.98.